The smallest absolute Gasteiger partial charge is 0.271 e. The number of fused-ring (bicyclic) bond motifs is 3. The van der Waals surface area contributed by atoms with Crippen LogP contribution < -0.4 is 10.7 Å². The number of non-ortho nitro benzene ring substituents is 1. The maximum Gasteiger partial charge on any atom is 0.271 e. The van der Waals surface area contributed by atoms with Crippen LogP contribution in [0.25, 0.3) is 31.6 Å². The number of carbonyl (C=O) groups excluding carboxylic acids is 2. The third kappa shape index (κ3) is 5.11. The maximum atomic E-state index is 12.9. The summed E-state index contributed by atoms with van der Waals surface area (Å²) in [7, 11) is 0. The first-order valence-electron chi connectivity index (χ1n) is 12.4. The molecule has 0 spiro atoms. The zero-order chi connectivity index (χ0) is 28.5. The number of anilines is 1. The molecule has 200 valence electrons. The van der Waals surface area contributed by atoms with E-state index in [9.17, 15) is 19.7 Å². The second-order valence-electron chi connectivity index (χ2n) is 9.15. The van der Waals surface area contributed by atoms with Gasteiger partial charge in [0, 0.05) is 39.0 Å². The first-order valence-corrected chi connectivity index (χ1v) is 13.6. The molecule has 0 aliphatic heterocycles. The Morgan fingerprint density at radius 2 is 1.49 bits per heavy atom. The minimum absolute atomic E-state index is 0.0777. The molecule has 1 heterocycles. The van der Waals surface area contributed by atoms with Crippen molar-refractivity contribution < 1.29 is 14.5 Å². The molecular formula is C31H19ClN4O4S. The molecule has 1 aromatic heterocycles. The van der Waals surface area contributed by atoms with Crippen LogP contribution in [0.4, 0.5) is 11.4 Å². The lowest BCUT2D eigenvalue weighted by molar-refractivity contribution is -0.384. The van der Waals surface area contributed by atoms with Crippen LogP contribution in [0.1, 0.15) is 25.6 Å². The summed E-state index contributed by atoms with van der Waals surface area (Å²) in [4.78, 5) is 36.5. The van der Waals surface area contributed by atoms with Crippen molar-refractivity contribution in [3.05, 3.63) is 128 Å². The van der Waals surface area contributed by atoms with E-state index >= 15 is 0 Å². The standard InChI is InChI=1S/C31H19ClN4O4S/c32-28-25-14-13-22(36(39)40)16-27(25)41-29(28)31(38)34-21-11-9-18(10-12-21)30(37)35-33-17-26-23-7-3-1-5-19(23)15-20-6-2-4-8-24(20)26/h1-17H,(H,34,38)(H,35,37)/b33-17-. The minimum Gasteiger partial charge on any atom is -0.321 e. The molecule has 0 radical (unpaired) electrons. The van der Waals surface area contributed by atoms with Crippen molar-refractivity contribution in [2.75, 3.05) is 5.32 Å². The molecular weight excluding hydrogens is 560 g/mol. The lowest BCUT2D eigenvalue weighted by Gasteiger charge is -2.08. The van der Waals surface area contributed by atoms with Gasteiger partial charge < -0.3 is 5.32 Å². The number of hydrazone groups is 1. The molecule has 0 saturated heterocycles. The lowest BCUT2D eigenvalue weighted by Crippen LogP contribution is -2.18. The largest absolute Gasteiger partial charge is 0.321 e. The summed E-state index contributed by atoms with van der Waals surface area (Å²) < 4.78 is 0.540. The summed E-state index contributed by atoms with van der Waals surface area (Å²) in [6.45, 7) is 0. The monoisotopic (exact) mass is 578 g/mol. The highest BCUT2D eigenvalue weighted by Gasteiger charge is 2.19. The third-order valence-corrected chi connectivity index (χ3v) is 8.26. The molecule has 0 atom stereocenters. The molecule has 2 N–H and O–H groups in total. The van der Waals surface area contributed by atoms with E-state index in [1.165, 1.54) is 18.2 Å². The van der Waals surface area contributed by atoms with E-state index in [2.05, 4.69) is 21.9 Å². The first kappa shape index (κ1) is 26.1. The Morgan fingerprint density at radius 1 is 0.829 bits per heavy atom. The number of hydrogen-bond donors (Lipinski definition) is 2. The SMILES string of the molecule is O=C(N/N=C\c1c2ccccc2cc2ccccc12)c1ccc(NC(=O)c2sc3cc([N+](=O)[O-])ccc3c2Cl)cc1. The van der Waals surface area contributed by atoms with Gasteiger partial charge in [0.2, 0.25) is 0 Å². The number of hydrogen-bond acceptors (Lipinski definition) is 6. The molecule has 0 saturated carbocycles. The summed E-state index contributed by atoms with van der Waals surface area (Å²) in [5, 5.41) is 23.1. The Balaban J connectivity index is 1.16. The highest BCUT2D eigenvalue weighted by Crippen LogP contribution is 2.37. The molecule has 0 bridgehead atoms. The van der Waals surface area contributed by atoms with Gasteiger partial charge in [-0.15, -0.1) is 11.3 Å². The number of amides is 2. The number of carbonyl (C=O) groups is 2. The molecule has 8 nitrogen and oxygen atoms in total. The van der Waals surface area contributed by atoms with E-state index in [1.807, 2.05) is 48.5 Å². The van der Waals surface area contributed by atoms with E-state index < -0.39 is 16.7 Å². The Kier molecular flexibility index (Phi) is 6.88. The van der Waals surface area contributed by atoms with Crippen molar-refractivity contribution in [3.63, 3.8) is 0 Å². The summed E-state index contributed by atoms with van der Waals surface area (Å²) in [6, 6.07) is 28.8. The fourth-order valence-electron chi connectivity index (χ4n) is 4.61. The first-order chi connectivity index (χ1) is 19.9. The molecule has 5 aromatic carbocycles. The number of rotatable bonds is 6. The van der Waals surface area contributed by atoms with Crippen LogP contribution in [0, 0.1) is 10.1 Å². The highest BCUT2D eigenvalue weighted by molar-refractivity contribution is 7.21. The number of thiophene rings is 1. The van der Waals surface area contributed by atoms with Gasteiger partial charge in [-0.25, -0.2) is 5.43 Å². The van der Waals surface area contributed by atoms with Crippen LogP contribution in [-0.4, -0.2) is 23.0 Å². The quantitative estimate of drug-likeness (QED) is 0.0908. The van der Waals surface area contributed by atoms with Gasteiger partial charge in [-0.3, -0.25) is 19.7 Å². The van der Waals surface area contributed by atoms with E-state index in [4.69, 9.17) is 11.6 Å². The van der Waals surface area contributed by atoms with Crippen molar-refractivity contribution >= 4 is 84.0 Å². The molecule has 2 amide bonds. The predicted octanol–water partition coefficient (Wildman–Crippen LogP) is 7.79. The molecule has 0 aliphatic rings. The zero-order valence-electron chi connectivity index (χ0n) is 21.1. The van der Waals surface area contributed by atoms with E-state index in [-0.39, 0.29) is 15.6 Å². The van der Waals surface area contributed by atoms with Crippen molar-refractivity contribution in [1.29, 1.82) is 0 Å². The Labute approximate surface area is 242 Å². The van der Waals surface area contributed by atoms with Gasteiger partial charge in [-0.1, -0.05) is 60.1 Å². The second kappa shape index (κ2) is 10.8. The fraction of sp³-hybridized carbons (Fsp3) is 0. The number of benzene rings is 5. The number of halogens is 1. The van der Waals surface area contributed by atoms with Crippen LogP contribution in [0.2, 0.25) is 5.02 Å². The predicted molar refractivity (Wildman–Crippen MR) is 164 cm³/mol. The Morgan fingerprint density at radius 3 is 2.15 bits per heavy atom. The molecule has 6 aromatic rings. The molecule has 41 heavy (non-hydrogen) atoms. The van der Waals surface area contributed by atoms with E-state index in [0.717, 1.165) is 38.4 Å². The summed E-state index contributed by atoms with van der Waals surface area (Å²) >= 11 is 7.46. The number of nitrogens with one attached hydrogen (secondary N) is 2. The zero-order valence-corrected chi connectivity index (χ0v) is 22.7. The maximum absolute atomic E-state index is 12.9. The van der Waals surface area contributed by atoms with Gasteiger partial charge in [0.05, 0.1) is 16.2 Å². The van der Waals surface area contributed by atoms with Crippen LogP contribution in [-0.2, 0) is 0 Å². The van der Waals surface area contributed by atoms with Gasteiger partial charge in [-0.05, 0) is 57.9 Å². The van der Waals surface area contributed by atoms with Gasteiger partial charge in [-0.2, -0.15) is 5.10 Å². The molecule has 6 rings (SSSR count). The van der Waals surface area contributed by atoms with Gasteiger partial charge in [0.25, 0.3) is 17.5 Å². The molecule has 0 unspecified atom stereocenters. The van der Waals surface area contributed by atoms with Crippen LogP contribution in [0.15, 0.2) is 102 Å². The fourth-order valence-corrected chi connectivity index (χ4v) is 6.06. The third-order valence-electron chi connectivity index (χ3n) is 6.61. The van der Waals surface area contributed by atoms with Crippen molar-refractivity contribution in [1.82, 2.24) is 5.43 Å². The van der Waals surface area contributed by atoms with Crippen molar-refractivity contribution in [2.45, 2.75) is 0 Å². The van der Waals surface area contributed by atoms with Gasteiger partial charge in [0.1, 0.15) is 4.88 Å². The van der Waals surface area contributed by atoms with Crippen LogP contribution >= 0.6 is 22.9 Å². The molecule has 10 heteroatoms. The Bertz CT molecular complexity index is 1980. The second-order valence-corrected chi connectivity index (χ2v) is 10.6. The van der Waals surface area contributed by atoms with Crippen LogP contribution in [0.3, 0.4) is 0 Å². The minimum atomic E-state index is -0.499. The van der Waals surface area contributed by atoms with Gasteiger partial charge in [0.15, 0.2) is 0 Å². The Hall–Kier alpha value is -5.12. The average Bonchev–Trinajstić information content (AvgIpc) is 3.32. The highest BCUT2D eigenvalue weighted by atomic mass is 35.5. The van der Waals surface area contributed by atoms with Crippen molar-refractivity contribution in [3.8, 4) is 0 Å². The topological polar surface area (TPSA) is 114 Å². The molecule has 0 aliphatic carbocycles. The summed E-state index contributed by atoms with van der Waals surface area (Å²) in [6.07, 6.45) is 1.65. The van der Waals surface area contributed by atoms with Crippen LogP contribution in [0.5, 0.6) is 0 Å². The van der Waals surface area contributed by atoms with Crippen molar-refractivity contribution in [2.24, 2.45) is 5.10 Å². The summed E-state index contributed by atoms with van der Waals surface area (Å²) in [5.41, 5.74) is 4.22. The number of nitro benzene ring substituents is 1. The number of nitro groups is 1. The van der Waals surface area contributed by atoms with E-state index in [1.54, 1.807) is 30.5 Å². The normalized spacial score (nSPS) is 11.3. The lowest BCUT2D eigenvalue weighted by atomic mass is 9.97. The molecule has 0 fully saturated rings. The van der Waals surface area contributed by atoms with E-state index in [0.29, 0.717) is 21.3 Å². The number of nitrogens with zero attached hydrogens (tertiary/aromatic N) is 2. The van der Waals surface area contributed by atoms with Gasteiger partial charge >= 0.3 is 0 Å². The summed E-state index contributed by atoms with van der Waals surface area (Å²) in [5.74, 6) is -0.860. The average molecular weight is 579 g/mol.